The van der Waals surface area contributed by atoms with Crippen molar-refractivity contribution >= 4 is 23.7 Å². The highest BCUT2D eigenvalue weighted by molar-refractivity contribution is 6.08. The van der Waals surface area contributed by atoms with E-state index in [1.165, 1.54) is 24.3 Å². The number of esters is 2. The molecule has 1 aromatic carbocycles. The number of hydrogen-bond acceptors (Lipinski definition) is 5. The van der Waals surface area contributed by atoms with E-state index in [4.69, 9.17) is 5.11 Å². The Kier molecular flexibility index (Phi) is 4.91. The van der Waals surface area contributed by atoms with Crippen LogP contribution in [0.15, 0.2) is 36.9 Å². The van der Waals surface area contributed by atoms with Crippen LogP contribution in [-0.2, 0) is 14.3 Å². The van der Waals surface area contributed by atoms with Gasteiger partial charge in [-0.2, -0.15) is 0 Å². The highest BCUT2D eigenvalue weighted by atomic mass is 16.6. The molecule has 0 spiro atoms. The van der Waals surface area contributed by atoms with E-state index in [-0.39, 0.29) is 11.1 Å². The Morgan fingerprint density at radius 3 is 2.20 bits per heavy atom. The van der Waals surface area contributed by atoms with E-state index in [0.29, 0.717) is 0 Å². The number of carboxylic acid groups (broad SMARTS) is 1. The lowest BCUT2D eigenvalue weighted by Crippen LogP contribution is -2.25. The van der Waals surface area contributed by atoms with Gasteiger partial charge in [0, 0.05) is 0 Å². The van der Waals surface area contributed by atoms with Crippen molar-refractivity contribution in [2.24, 2.45) is 5.92 Å². The van der Waals surface area contributed by atoms with Crippen LogP contribution >= 0.6 is 0 Å². The summed E-state index contributed by atoms with van der Waals surface area (Å²) in [6.07, 6.45) is 1.06. The Bertz CT molecular complexity index is 587. The number of carbonyl (C=O) groups excluding carboxylic acids is 3. The third kappa shape index (κ3) is 3.38. The molecule has 0 heterocycles. The Morgan fingerprint density at radius 1 is 1.20 bits per heavy atom. The van der Waals surface area contributed by atoms with Gasteiger partial charge in [0.15, 0.2) is 0 Å². The highest BCUT2D eigenvalue weighted by Crippen LogP contribution is 2.12. The molecule has 0 radical (unpaired) electrons. The van der Waals surface area contributed by atoms with Gasteiger partial charge in [0.1, 0.15) is 11.7 Å². The smallest absolute Gasteiger partial charge is 0.346 e. The summed E-state index contributed by atoms with van der Waals surface area (Å²) >= 11 is 0. The SMILES string of the molecule is C=CC(C(C)=O)C(=O)OC(=O)c1ccccc1C(=O)O. The molecule has 0 bridgehead atoms. The first-order chi connectivity index (χ1) is 9.38. The summed E-state index contributed by atoms with van der Waals surface area (Å²) in [6.45, 7) is 4.46. The van der Waals surface area contributed by atoms with Crippen molar-refractivity contribution in [1.29, 1.82) is 0 Å². The van der Waals surface area contributed by atoms with Gasteiger partial charge in [0.25, 0.3) is 0 Å². The molecular weight excluding hydrogens is 264 g/mol. The van der Waals surface area contributed by atoms with Crippen LogP contribution in [0.2, 0.25) is 0 Å². The largest absolute Gasteiger partial charge is 0.478 e. The zero-order chi connectivity index (χ0) is 15.3. The lowest BCUT2D eigenvalue weighted by atomic mass is 10.1. The van der Waals surface area contributed by atoms with Gasteiger partial charge in [-0.25, -0.2) is 9.59 Å². The highest BCUT2D eigenvalue weighted by Gasteiger charge is 2.26. The summed E-state index contributed by atoms with van der Waals surface area (Å²) in [5.41, 5.74) is -0.553. The summed E-state index contributed by atoms with van der Waals surface area (Å²) < 4.78 is 4.51. The van der Waals surface area contributed by atoms with Gasteiger partial charge >= 0.3 is 17.9 Å². The van der Waals surface area contributed by atoms with Crippen molar-refractivity contribution in [1.82, 2.24) is 0 Å². The van der Waals surface area contributed by atoms with Gasteiger partial charge in [-0.15, -0.1) is 6.58 Å². The summed E-state index contributed by atoms with van der Waals surface area (Å²) in [4.78, 5) is 45.4. The van der Waals surface area contributed by atoms with E-state index in [9.17, 15) is 19.2 Å². The van der Waals surface area contributed by atoms with Gasteiger partial charge in [-0.1, -0.05) is 18.2 Å². The minimum Gasteiger partial charge on any atom is -0.478 e. The summed E-state index contributed by atoms with van der Waals surface area (Å²) in [6, 6.07) is 5.29. The van der Waals surface area contributed by atoms with Crippen LogP contribution < -0.4 is 0 Å². The molecule has 0 aliphatic carbocycles. The zero-order valence-electron chi connectivity index (χ0n) is 10.7. The number of Topliss-reactive ketones (excluding diaryl/α,β-unsaturated/α-hetero) is 1. The molecule has 0 aliphatic heterocycles. The van der Waals surface area contributed by atoms with E-state index in [1.54, 1.807) is 0 Å². The van der Waals surface area contributed by atoms with Crippen LogP contribution in [0.4, 0.5) is 0 Å². The molecule has 6 nitrogen and oxygen atoms in total. The molecule has 20 heavy (non-hydrogen) atoms. The fraction of sp³-hybridized carbons (Fsp3) is 0.143. The molecule has 0 fully saturated rings. The second kappa shape index (κ2) is 6.42. The standard InChI is InChI=1S/C14H12O6/c1-3-9(8(2)15)13(18)20-14(19)11-7-5-4-6-10(11)12(16)17/h3-7,9H,1H2,2H3,(H,16,17). The third-order valence-electron chi connectivity index (χ3n) is 2.50. The van der Waals surface area contributed by atoms with Crippen LogP contribution in [0, 0.1) is 5.92 Å². The molecule has 0 amide bonds. The third-order valence-corrected chi connectivity index (χ3v) is 2.50. The average molecular weight is 276 g/mol. The number of ketones is 1. The van der Waals surface area contributed by atoms with Gasteiger partial charge < -0.3 is 9.84 Å². The maximum atomic E-state index is 11.8. The zero-order valence-corrected chi connectivity index (χ0v) is 10.7. The molecule has 1 aromatic rings. The van der Waals surface area contributed by atoms with E-state index in [0.717, 1.165) is 13.0 Å². The van der Waals surface area contributed by atoms with Crippen molar-refractivity contribution in [3.63, 3.8) is 0 Å². The maximum absolute atomic E-state index is 11.8. The number of carboxylic acids is 1. The van der Waals surface area contributed by atoms with E-state index < -0.39 is 29.6 Å². The number of aromatic carboxylic acids is 1. The van der Waals surface area contributed by atoms with E-state index in [2.05, 4.69) is 11.3 Å². The minimum absolute atomic E-state index is 0.264. The van der Waals surface area contributed by atoms with Crippen molar-refractivity contribution in [2.45, 2.75) is 6.92 Å². The van der Waals surface area contributed by atoms with Crippen molar-refractivity contribution in [2.75, 3.05) is 0 Å². The Hall–Kier alpha value is -2.76. The molecule has 1 N–H and O–H groups in total. The van der Waals surface area contributed by atoms with Gasteiger partial charge in [-0.05, 0) is 19.1 Å². The number of rotatable bonds is 5. The first-order valence-electron chi connectivity index (χ1n) is 5.59. The second-order valence-electron chi connectivity index (χ2n) is 3.88. The molecule has 0 aromatic heterocycles. The number of carbonyl (C=O) groups is 4. The van der Waals surface area contributed by atoms with Crippen molar-refractivity contribution in [3.8, 4) is 0 Å². The predicted molar refractivity (Wildman–Crippen MR) is 68.2 cm³/mol. The Labute approximate surface area is 114 Å². The molecule has 0 aliphatic rings. The molecule has 1 rings (SSSR count). The monoisotopic (exact) mass is 276 g/mol. The second-order valence-corrected chi connectivity index (χ2v) is 3.88. The Morgan fingerprint density at radius 2 is 1.75 bits per heavy atom. The minimum atomic E-state index is -1.32. The average Bonchev–Trinajstić information content (AvgIpc) is 2.38. The molecule has 104 valence electrons. The predicted octanol–water partition coefficient (Wildman–Crippen LogP) is 1.46. The van der Waals surface area contributed by atoms with Gasteiger partial charge in [0.05, 0.1) is 11.1 Å². The quantitative estimate of drug-likeness (QED) is 0.496. The van der Waals surface area contributed by atoms with Crippen molar-refractivity contribution < 1.29 is 29.0 Å². The number of ether oxygens (including phenoxy) is 1. The van der Waals surface area contributed by atoms with Crippen molar-refractivity contribution in [3.05, 3.63) is 48.0 Å². The fourth-order valence-electron chi connectivity index (χ4n) is 1.49. The number of hydrogen-bond donors (Lipinski definition) is 1. The van der Waals surface area contributed by atoms with Crippen LogP contribution in [0.25, 0.3) is 0 Å². The molecule has 1 unspecified atom stereocenters. The molecule has 6 heteroatoms. The van der Waals surface area contributed by atoms with Crippen LogP contribution in [0.1, 0.15) is 27.6 Å². The first kappa shape index (κ1) is 15.3. The maximum Gasteiger partial charge on any atom is 0.346 e. The normalized spacial score (nSPS) is 11.2. The number of benzene rings is 1. The van der Waals surface area contributed by atoms with E-state index >= 15 is 0 Å². The molecular formula is C14H12O6. The van der Waals surface area contributed by atoms with Crippen LogP contribution in [-0.4, -0.2) is 28.8 Å². The molecule has 0 saturated carbocycles. The summed E-state index contributed by atoms with van der Waals surface area (Å²) in [5, 5.41) is 8.93. The first-order valence-corrected chi connectivity index (χ1v) is 5.59. The van der Waals surface area contributed by atoms with Gasteiger partial charge in [0.2, 0.25) is 0 Å². The molecule has 1 atom stereocenters. The lowest BCUT2D eigenvalue weighted by Gasteiger charge is -2.09. The van der Waals surface area contributed by atoms with Crippen LogP contribution in [0.5, 0.6) is 0 Å². The van der Waals surface area contributed by atoms with Crippen LogP contribution in [0.3, 0.4) is 0 Å². The topological polar surface area (TPSA) is 97.7 Å². The van der Waals surface area contributed by atoms with Gasteiger partial charge in [-0.3, -0.25) is 9.59 Å². The van der Waals surface area contributed by atoms with E-state index in [1.807, 2.05) is 0 Å². The summed E-state index contributed by atoms with van der Waals surface area (Å²) in [7, 11) is 0. The fourth-order valence-corrected chi connectivity index (χ4v) is 1.49. The lowest BCUT2D eigenvalue weighted by molar-refractivity contribution is -0.144. The summed E-state index contributed by atoms with van der Waals surface area (Å²) in [5.74, 6) is -5.31. The Balaban J connectivity index is 2.98. The molecule has 0 saturated heterocycles.